The van der Waals surface area contributed by atoms with Crippen LogP contribution >= 0.6 is 11.6 Å². The van der Waals surface area contributed by atoms with Crippen molar-refractivity contribution in [1.29, 1.82) is 0 Å². The summed E-state index contributed by atoms with van der Waals surface area (Å²) in [4.78, 5) is 23.6. The summed E-state index contributed by atoms with van der Waals surface area (Å²) >= 11 is 5.83. The lowest BCUT2D eigenvalue weighted by Crippen LogP contribution is -2.23. The Hall–Kier alpha value is -2.02. The highest BCUT2D eigenvalue weighted by molar-refractivity contribution is 6.33. The quantitative estimate of drug-likeness (QED) is 0.767. The summed E-state index contributed by atoms with van der Waals surface area (Å²) in [7, 11) is 1.36. The number of ether oxygens (including phenoxy) is 1. The van der Waals surface area contributed by atoms with Gasteiger partial charge in [-0.3, -0.25) is 9.59 Å². The summed E-state index contributed by atoms with van der Waals surface area (Å²) in [6, 6.07) is 2.61. The van der Waals surface area contributed by atoms with Crippen molar-refractivity contribution in [3.8, 4) is 0 Å². The standard InChI is InChI=1S/C18H19ClF3NO3/c1-26-17(25)12-4-2-11(3-5-12)8-9-23-16(24)14-10-13(18(20,21)22)6-7-15(14)19/h6-12H,2-5H2,1H3,(H,23,24). The molecule has 0 spiro atoms. The fraction of sp³-hybridized carbons (Fsp3) is 0.444. The van der Waals surface area contributed by atoms with Gasteiger partial charge in [-0.15, -0.1) is 0 Å². The molecule has 0 atom stereocenters. The van der Waals surface area contributed by atoms with Crippen molar-refractivity contribution in [2.75, 3.05) is 7.11 Å². The zero-order chi connectivity index (χ0) is 19.3. The van der Waals surface area contributed by atoms with E-state index in [1.54, 1.807) is 6.08 Å². The number of hydrogen-bond donors (Lipinski definition) is 1. The van der Waals surface area contributed by atoms with Gasteiger partial charge in [0, 0.05) is 6.20 Å². The molecular formula is C18H19ClF3NO3. The molecule has 1 saturated carbocycles. The van der Waals surface area contributed by atoms with Gasteiger partial charge in [0.25, 0.3) is 5.91 Å². The second-order valence-electron chi connectivity index (χ2n) is 6.16. The Bertz CT molecular complexity index is 695. The molecule has 8 heteroatoms. The first kappa shape index (κ1) is 20.3. The number of amides is 1. The van der Waals surface area contributed by atoms with E-state index in [2.05, 4.69) is 5.32 Å². The number of esters is 1. The van der Waals surface area contributed by atoms with Gasteiger partial charge in [0.2, 0.25) is 0 Å². The third kappa shape index (κ3) is 5.24. The maximum Gasteiger partial charge on any atom is 0.416 e. The van der Waals surface area contributed by atoms with Crippen molar-refractivity contribution < 1.29 is 27.5 Å². The Morgan fingerprint density at radius 1 is 1.23 bits per heavy atom. The zero-order valence-corrected chi connectivity index (χ0v) is 14.9. The van der Waals surface area contributed by atoms with E-state index in [4.69, 9.17) is 16.3 Å². The number of allylic oxidation sites excluding steroid dienone is 1. The smallest absolute Gasteiger partial charge is 0.416 e. The van der Waals surface area contributed by atoms with E-state index in [-0.39, 0.29) is 28.4 Å². The molecule has 0 bridgehead atoms. The van der Waals surface area contributed by atoms with Crippen LogP contribution in [0.25, 0.3) is 0 Å². The van der Waals surface area contributed by atoms with Crippen molar-refractivity contribution in [1.82, 2.24) is 5.32 Å². The first-order valence-electron chi connectivity index (χ1n) is 8.14. The van der Waals surface area contributed by atoms with Crippen molar-refractivity contribution >= 4 is 23.5 Å². The first-order valence-corrected chi connectivity index (χ1v) is 8.52. The molecular weight excluding hydrogens is 371 g/mol. The Kier molecular flexibility index (Phi) is 6.69. The lowest BCUT2D eigenvalue weighted by atomic mass is 9.82. The second-order valence-corrected chi connectivity index (χ2v) is 6.57. The van der Waals surface area contributed by atoms with Crippen LogP contribution in [-0.4, -0.2) is 19.0 Å². The van der Waals surface area contributed by atoms with E-state index >= 15 is 0 Å². The number of carbonyl (C=O) groups is 2. The van der Waals surface area contributed by atoms with Gasteiger partial charge in [0.05, 0.1) is 29.2 Å². The van der Waals surface area contributed by atoms with Crippen LogP contribution in [0.3, 0.4) is 0 Å². The minimum Gasteiger partial charge on any atom is -0.469 e. The van der Waals surface area contributed by atoms with Gasteiger partial charge in [-0.2, -0.15) is 13.2 Å². The largest absolute Gasteiger partial charge is 0.469 e. The maximum absolute atomic E-state index is 12.8. The number of hydrogen-bond acceptors (Lipinski definition) is 3. The Balaban J connectivity index is 1.93. The number of halogens is 4. The van der Waals surface area contributed by atoms with E-state index in [9.17, 15) is 22.8 Å². The predicted octanol–water partition coefficient (Wildman–Crippen LogP) is 4.58. The van der Waals surface area contributed by atoms with Gasteiger partial charge < -0.3 is 10.1 Å². The molecule has 0 heterocycles. The van der Waals surface area contributed by atoms with Crippen LogP contribution in [0, 0.1) is 11.8 Å². The highest BCUT2D eigenvalue weighted by Crippen LogP contribution is 2.32. The minimum absolute atomic E-state index is 0.0533. The van der Waals surface area contributed by atoms with Crippen LogP contribution in [-0.2, 0) is 15.7 Å². The van der Waals surface area contributed by atoms with Crippen LogP contribution in [0.2, 0.25) is 5.02 Å². The lowest BCUT2D eigenvalue weighted by molar-refractivity contribution is -0.146. The van der Waals surface area contributed by atoms with E-state index in [0.29, 0.717) is 12.8 Å². The molecule has 1 aliphatic rings. The molecule has 0 unspecified atom stereocenters. The minimum atomic E-state index is -4.55. The monoisotopic (exact) mass is 389 g/mol. The number of rotatable bonds is 4. The Labute approximate surface area is 154 Å². The molecule has 2 rings (SSSR count). The lowest BCUT2D eigenvalue weighted by Gasteiger charge is -2.24. The molecule has 1 fully saturated rings. The van der Waals surface area contributed by atoms with Crippen molar-refractivity contribution in [3.63, 3.8) is 0 Å². The van der Waals surface area contributed by atoms with E-state index in [1.807, 2.05) is 0 Å². The van der Waals surface area contributed by atoms with Gasteiger partial charge in [-0.25, -0.2) is 0 Å². The van der Waals surface area contributed by atoms with Crippen molar-refractivity contribution in [2.45, 2.75) is 31.9 Å². The highest BCUT2D eigenvalue weighted by atomic mass is 35.5. The molecule has 1 aliphatic carbocycles. The highest BCUT2D eigenvalue weighted by Gasteiger charge is 2.31. The molecule has 1 aromatic carbocycles. The fourth-order valence-corrected chi connectivity index (χ4v) is 3.13. The predicted molar refractivity (Wildman–Crippen MR) is 90.5 cm³/mol. The fourth-order valence-electron chi connectivity index (χ4n) is 2.93. The van der Waals surface area contributed by atoms with Crippen LogP contribution in [0.1, 0.15) is 41.6 Å². The summed E-state index contributed by atoms with van der Waals surface area (Å²) in [6.07, 6.45) is 1.61. The molecule has 0 radical (unpaired) electrons. The molecule has 0 aromatic heterocycles. The number of nitrogens with one attached hydrogen (secondary N) is 1. The average molecular weight is 390 g/mol. The van der Waals surface area contributed by atoms with Gasteiger partial charge >= 0.3 is 12.1 Å². The molecule has 0 saturated heterocycles. The third-order valence-electron chi connectivity index (χ3n) is 4.43. The molecule has 1 N–H and O–H groups in total. The molecule has 1 amide bonds. The van der Waals surface area contributed by atoms with Gasteiger partial charge in [0.15, 0.2) is 0 Å². The van der Waals surface area contributed by atoms with Gasteiger partial charge in [-0.1, -0.05) is 17.7 Å². The van der Waals surface area contributed by atoms with Crippen LogP contribution < -0.4 is 5.32 Å². The van der Waals surface area contributed by atoms with Crippen molar-refractivity contribution in [3.05, 3.63) is 46.6 Å². The number of alkyl halides is 3. The zero-order valence-electron chi connectivity index (χ0n) is 14.1. The normalized spacial score (nSPS) is 20.8. The Morgan fingerprint density at radius 2 is 1.88 bits per heavy atom. The number of benzene rings is 1. The molecule has 142 valence electrons. The van der Waals surface area contributed by atoms with Crippen molar-refractivity contribution in [2.24, 2.45) is 11.8 Å². The summed E-state index contributed by atoms with van der Waals surface area (Å²) in [6.45, 7) is 0. The van der Waals surface area contributed by atoms with E-state index in [1.165, 1.54) is 13.3 Å². The molecule has 26 heavy (non-hydrogen) atoms. The topological polar surface area (TPSA) is 55.4 Å². The molecule has 4 nitrogen and oxygen atoms in total. The van der Waals surface area contributed by atoms with E-state index < -0.39 is 17.6 Å². The third-order valence-corrected chi connectivity index (χ3v) is 4.76. The second kappa shape index (κ2) is 8.58. The first-order chi connectivity index (χ1) is 12.2. The van der Waals surface area contributed by atoms with Gasteiger partial charge in [0.1, 0.15) is 0 Å². The maximum atomic E-state index is 12.8. The summed E-state index contributed by atoms with van der Waals surface area (Å²) in [5, 5.41) is 2.39. The number of carbonyl (C=O) groups excluding carboxylic acids is 2. The van der Waals surface area contributed by atoms with Crippen LogP contribution in [0.15, 0.2) is 30.5 Å². The summed E-state index contributed by atoms with van der Waals surface area (Å²) < 4.78 is 43.0. The van der Waals surface area contributed by atoms with Crippen LogP contribution in [0.5, 0.6) is 0 Å². The average Bonchev–Trinajstić information content (AvgIpc) is 2.61. The molecule has 1 aromatic rings. The summed E-state index contributed by atoms with van der Waals surface area (Å²) in [5.41, 5.74) is -1.17. The SMILES string of the molecule is COC(=O)C1CCC(C=CNC(=O)c2cc(C(F)(F)F)ccc2Cl)CC1. The van der Waals surface area contributed by atoms with E-state index in [0.717, 1.165) is 31.0 Å². The number of methoxy groups -OCH3 is 1. The van der Waals surface area contributed by atoms with Gasteiger partial charge in [-0.05, 0) is 49.8 Å². The summed E-state index contributed by atoms with van der Waals surface area (Å²) in [5.74, 6) is -0.822. The molecule has 0 aliphatic heterocycles. The Morgan fingerprint density at radius 3 is 2.46 bits per heavy atom. The van der Waals surface area contributed by atoms with Crippen LogP contribution in [0.4, 0.5) is 13.2 Å².